The molecule has 0 unspecified atom stereocenters. The molecule has 0 radical (unpaired) electrons. The first-order valence-corrected chi connectivity index (χ1v) is 33.2. The third kappa shape index (κ3) is 54.5. The summed E-state index contributed by atoms with van der Waals surface area (Å²) < 4.78 is 18.8. The number of amides is 2. The number of carbonyl (C=O) groups is 2. The van der Waals surface area contributed by atoms with Gasteiger partial charge in [0.05, 0.1) is 52.2 Å². The van der Waals surface area contributed by atoms with Crippen LogP contribution in [-0.2, 0) is 18.9 Å². The summed E-state index contributed by atoms with van der Waals surface area (Å²) in [6.45, 7) is 54.5. The predicted molar refractivity (Wildman–Crippen MR) is 319 cm³/mol. The summed E-state index contributed by atoms with van der Waals surface area (Å²) in [5, 5.41) is 28.3. The van der Waals surface area contributed by atoms with Gasteiger partial charge in [-0.05, 0) is 79.7 Å². The van der Waals surface area contributed by atoms with E-state index in [4.69, 9.17) is 9.47 Å². The van der Waals surface area contributed by atoms with Gasteiger partial charge in [0.2, 0.25) is 0 Å². The minimum absolute atomic E-state index is 0. The maximum absolute atomic E-state index is 12.2. The van der Waals surface area contributed by atoms with Crippen molar-refractivity contribution in [2.75, 3.05) is 52.9 Å². The molecule has 0 spiro atoms. The van der Waals surface area contributed by atoms with E-state index in [0.717, 1.165) is 73.1 Å². The summed E-state index contributed by atoms with van der Waals surface area (Å²) in [6.07, 6.45) is 2.52. The fourth-order valence-electron chi connectivity index (χ4n) is 8.87. The second-order valence-electron chi connectivity index (χ2n) is 22.7. The Hall–Kier alpha value is -1.44. The molecule has 0 aliphatic carbocycles. The molecule has 3 rings (SSSR count). The quantitative estimate of drug-likeness (QED) is 0.0593. The van der Waals surface area contributed by atoms with E-state index in [2.05, 4.69) is 106 Å². The maximum Gasteiger partial charge on any atom is 1.00 e. The normalized spacial score (nSPS) is 11.4. The molecule has 1 aliphatic heterocycles. The van der Waals surface area contributed by atoms with E-state index in [-0.39, 0.29) is 100 Å². The predicted octanol–water partition coefficient (Wildman–Crippen LogP) is 7.84. The molecule has 1 saturated heterocycles. The van der Waals surface area contributed by atoms with Crippen molar-refractivity contribution in [2.24, 2.45) is 35.5 Å². The molecule has 10 nitrogen and oxygen atoms in total. The van der Waals surface area contributed by atoms with Gasteiger partial charge in [0, 0.05) is 35.3 Å². The number of ether oxygens (including phenoxy) is 4. The van der Waals surface area contributed by atoms with Gasteiger partial charge in [-0.15, -0.1) is 13.2 Å². The van der Waals surface area contributed by atoms with Crippen LogP contribution in [0.25, 0.3) is 0 Å². The SMILES string of the molecule is C1COCCO1.C=COCC[O-].C=COCC[O-].CC(C)N(C(=O)c1ccccc1)C(C)C.CC(C)N(C(=O)c1ccccc1)C(C)C.CC(C)[CH2][Al]([CH2]C(C)C)[CH2]C(C)C.CC(C)[CH2][Al]([CH2]C(C)C)[CH2]C(C)C.[Li+].[Li+]. The van der Waals surface area contributed by atoms with E-state index in [1.54, 1.807) is 31.7 Å². The van der Waals surface area contributed by atoms with Crippen molar-refractivity contribution in [2.45, 2.75) is 194 Å². The molecule has 0 N–H and O–H groups in total. The molecule has 76 heavy (non-hydrogen) atoms. The molecular weight excluding hydrogens is 969 g/mol. The fraction of sp³-hybridized carbons (Fsp3) is 0.710. The van der Waals surface area contributed by atoms with Crippen LogP contribution in [0.4, 0.5) is 0 Å². The van der Waals surface area contributed by atoms with Crippen LogP contribution in [0.15, 0.2) is 86.3 Å². The topological polar surface area (TPSA) is 124 Å². The minimum atomic E-state index is -0.407. The van der Waals surface area contributed by atoms with Crippen molar-refractivity contribution in [3.63, 3.8) is 0 Å². The molecule has 0 saturated carbocycles. The molecule has 0 atom stereocenters. The Balaban J connectivity index is -0.000000193. The van der Waals surface area contributed by atoms with Crippen LogP contribution < -0.4 is 47.9 Å². The fourth-order valence-corrected chi connectivity index (χ4v) is 18.0. The van der Waals surface area contributed by atoms with Crippen LogP contribution in [0.5, 0.6) is 0 Å². The zero-order chi connectivity index (χ0) is 57.6. The molecule has 2 aromatic rings. The van der Waals surface area contributed by atoms with E-state index in [9.17, 15) is 19.8 Å². The smallest absolute Gasteiger partial charge is 0.852 e. The summed E-state index contributed by atoms with van der Waals surface area (Å²) in [5.74, 6) is 5.77. The number of carbonyl (C=O) groups excluding carboxylic acids is 2. The van der Waals surface area contributed by atoms with Gasteiger partial charge in [-0.25, -0.2) is 0 Å². The van der Waals surface area contributed by atoms with Gasteiger partial charge >= 0.3 is 37.7 Å². The third-order valence-electron chi connectivity index (χ3n) is 10.9. The van der Waals surface area contributed by atoms with E-state index in [1.165, 1.54) is 12.5 Å². The second kappa shape index (κ2) is 56.8. The summed E-state index contributed by atoms with van der Waals surface area (Å²) in [7, 11) is 0. The Morgan fingerprint density at radius 2 is 0.671 bits per heavy atom. The Bertz CT molecular complexity index is 1380. The van der Waals surface area contributed by atoms with Gasteiger partial charge in [-0.3, -0.25) is 9.59 Å². The van der Waals surface area contributed by atoms with Crippen molar-refractivity contribution >= 4 is 40.1 Å². The molecule has 1 fully saturated rings. The summed E-state index contributed by atoms with van der Waals surface area (Å²) in [5.41, 5.74) is 1.53. The zero-order valence-electron chi connectivity index (χ0n) is 53.3. The third-order valence-corrected chi connectivity index (χ3v) is 20.6. The van der Waals surface area contributed by atoms with Crippen LogP contribution in [0.2, 0.25) is 31.7 Å². The van der Waals surface area contributed by atoms with Crippen LogP contribution in [0.3, 0.4) is 0 Å². The molecule has 0 bridgehead atoms. The van der Waals surface area contributed by atoms with Gasteiger partial charge < -0.3 is 39.0 Å². The van der Waals surface area contributed by atoms with Crippen LogP contribution >= 0.6 is 0 Å². The largest absolute Gasteiger partial charge is 1.00 e. The standard InChI is InChI=1S/2C13H19NO.C4H8O2.2C4H7O2.6C4H9.2Al.2Li/c2*1-10(2)14(11(3)4)13(15)12-8-6-5-7-9-12;1-2-6-4-3-5-1;2*1-2-6-4-3-5;6*1-4(2)3;;;;/h2*5-11H,1-4H3;1-4H2;2*2H,1,3-4H2;6*4H,1H2,2-3H3;;;;/q;;;2*-1;;;;;;;;;2*+1. The number of hydrogen-bond acceptors (Lipinski definition) is 8. The number of benzene rings is 2. The molecule has 1 heterocycles. The van der Waals surface area contributed by atoms with Gasteiger partial charge in [-0.1, -0.05) is 200 Å². The van der Waals surface area contributed by atoms with Crippen LogP contribution in [0, 0.1) is 35.5 Å². The van der Waals surface area contributed by atoms with Crippen LogP contribution in [-0.4, -0.2) is 127 Å². The Labute approximate surface area is 502 Å². The molecule has 1 aliphatic rings. The number of nitrogens with zero attached hydrogens (tertiary/aromatic N) is 2. The molecule has 14 heteroatoms. The average Bonchev–Trinajstić information content (AvgIpc) is 3.31. The zero-order valence-corrected chi connectivity index (χ0v) is 55.6. The molecule has 428 valence electrons. The average molecular weight is 1080 g/mol. The van der Waals surface area contributed by atoms with E-state index in [0.29, 0.717) is 0 Å². The molecule has 2 aromatic carbocycles. The Kier molecular flexibility index (Phi) is 64.2. The summed E-state index contributed by atoms with van der Waals surface area (Å²) in [4.78, 5) is 28.1. The summed E-state index contributed by atoms with van der Waals surface area (Å²) in [6, 6.07) is 19.8. The van der Waals surface area contributed by atoms with Gasteiger partial charge in [0.1, 0.15) is 0 Å². The first kappa shape index (κ1) is 85.8. The van der Waals surface area contributed by atoms with Crippen molar-refractivity contribution in [1.29, 1.82) is 0 Å². The monoisotopic (exact) mass is 1080 g/mol. The maximum atomic E-state index is 12.2. The van der Waals surface area contributed by atoms with Crippen molar-refractivity contribution in [3.05, 3.63) is 97.5 Å². The molecule has 0 aromatic heterocycles. The van der Waals surface area contributed by atoms with E-state index >= 15 is 0 Å². The first-order valence-electron chi connectivity index (χ1n) is 28.3. The van der Waals surface area contributed by atoms with Crippen molar-refractivity contribution in [1.82, 2.24) is 9.80 Å². The van der Waals surface area contributed by atoms with Crippen molar-refractivity contribution in [3.8, 4) is 0 Å². The second-order valence-corrected chi connectivity index (χ2v) is 29.0. The minimum Gasteiger partial charge on any atom is -0.852 e. The van der Waals surface area contributed by atoms with E-state index < -0.39 is 28.3 Å². The number of hydrogen-bond donors (Lipinski definition) is 0. The van der Waals surface area contributed by atoms with E-state index in [1.807, 2.05) is 126 Å². The Morgan fingerprint density at radius 3 is 0.803 bits per heavy atom. The van der Waals surface area contributed by atoms with Gasteiger partial charge in [0.15, 0.2) is 0 Å². The Morgan fingerprint density at radius 1 is 0.461 bits per heavy atom. The number of rotatable bonds is 24. The van der Waals surface area contributed by atoms with Gasteiger partial charge in [-0.2, -0.15) is 0 Å². The molecule has 2 amide bonds. The summed E-state index contributed by atoms with van der Waals surface area (Å²) >= 11 is -0.815. The molecular formula is C62H114Al2Li2N2O8. The van der Waals surface area contributed by atoms with Crippen molar-refractivity contribution < 1.29 is 76.5 Å². The first-order chi connectivity index (χ1) is 34.7. The van der Waals surface area contributed by atoms with Gasteiger partial charge in [0.25, 0.3) is 40.1 Å². The van der Waals surface area contributed by atoms with Crippen LogP contribution in [0.1, 0.15) is 159 Å².